The van der Waals surface area contributed by atoms with Crippen LogP contribution in [0.1, 0.15) is 4.88 Å². The second kappa shape index (κ2) is 5.08. The van der Waals surface area contributed by atoms with Crippen LogP contribution in [0.4, 0.5) is 0 Å². The van der Waals surface area contributed by atoms with Gasteiger partial charge in [0.2, 0.25) is 5.82 Å². The van der Waals surface area contributed by atoms with Crippen molar-refractivity contribution >= 4 is 34.0 Å². The number of nitrogens with one attached hydrogen (secondary N) is 1. The molecule has 0 spiro atoms. The molecule has 0 fully saturated rings. The van der Waals surface area contributed by atoms with Crippen molar-refractivity contribution < 1.29 is 4.52 Å². The monoisotopic (exact) mass is 333 g/mol. The Morgan fingerprint density at radius 3 is 3.00 bits per heavy atom. The average Bonchev–Trinajstić information content (AvgIpc) is 3.20. The van der Waals surface area contributed by atoms with Gasteiger partial charge in [-0.2, -0.15) is 5.10 Å². The van der Waals surface area contributed by atoms with Crippen molar-refractivity contribution in [2.45, 2.75) is 6.54 Å². The second-order valence-electron chi connectivity index (χ2n) is 4.53. The molecular formula is C13H8ClN5O2S. The molecule has 0 amide bonds. The molecule has 4 rings (SSSR count). The van der Waals surface area contributed by atoms with Crippen molar-refractivity contribution in [2.24, 2.45) is 0 Å². The van der Waals surface area contributed by atoms with Gasteiger partial charge < -0.3 is 0 Å². The van der Waals surface area contributed by atoms with Crippen LogP contribution in [0, 0.1) is 0 Å². The minimum atomic E-state index is -0.619. The molecule has 0 aliphatic carbocycles. The van der Waals surface area contributed by atoms with E-state index >= 15 is 0 Å². The van der Waals surface area contributed by atoms with E-state index in [1.54, 1.807) is 16.9 Å². The molecule has 4 aromatic rings. The third-order valence-corrected chi connectivity index (χ3v) is 4.32. The fourth-order valence-corrected chi connectivity index (χ4v) is 3.28. The Bertz CT molecular complexity index is 1010. The first-order chi connectivity index (χ1) is 10.7. The highest BCUT2D eigenvalue weighted by Gasteiger charge is 2.17. The van der Waals surface area contributed by atoms with Crippen LogP contribution in [0.3, 0.4) is 0 Å². The predicted octanol–water partition coefficient (Wildman–Crippen LogP) is 2.54. The molecule has 1 N–H and O–H groups in total. The number of rotatable bonds is 3. The Hall–Kier alpha value is -2.45. The van der Waals surface area contributed by atoms with Crippen LogP contribution in [0.5, 0.6) is 0 Å². The maximum atomic E-state index is 11.2. The van der Waals surface area contributed by atoms with Gasteiger partial charge >= 0.3 is 5.76 Å². The normalized spacial score (nSPS) is 11.3. The van der Waals surface area contributed by atoms with Crippen LogP contribution >= 0.6 is 22.9 Å². The van der Waals surface area contributed by atoms with Crippen LogP contribution in [-0.4, -0.2) is 24.9 Å². The van der Waals surface area contributed by atoms with Gasteiger partial charge in [-0.3, -0.25) is 9.51 Å². The molecule has 0 radical (unpaired) electrons. The molecule has 0 aliphatic heterocycles. The smallest absolute Gasteiger partial charge is 0.296 e. The number of fused-ring (bicyclic) bond motifs is 1. The first-order valence-corrected chi connectivity index (χ1v) is 7.52. The van der Waals surface area contributed by atoms with Crippen LogP contribution in [0.25, 0.3) is 22.6 Å². The van der Waals surface area contributed by atoms with E-state index in [2.05, 4.69) is 24.7 Å². The Kier molecular flexibility index (Phi) is 3.05. The molecule has 7 nitrogen and oxygen atoms in total. The second-order valence-corrected chi connectivity index (χ2v) is 6.33. The van der Waals surface area contributed by atoms with E-state index < -0.39 is 5.76 Å². The lowest BCUT2D eigenvalue weighted by molar-refractivity contribution is 0.387. The fourth-order valence-electron chi connectivity index (χ4n) is 2.21. The standard InChI is InChI=1S/C13H8ClN5O2S/c14-9-4-3-7(22-9)6-19-12-8(2-1-5-15-12)10(17-19)11-16-13(20)21-18-11/h1-5H,6H2,(H,16,18,20). The molecule has 0 atom stereocenters. The zero-order chi connectivity index (χ0) is 15.1. The molecule has 4 heterocycles. The van der Waals surface area contributed by atoms with Gasteiger partial charge in [-0.05, 0) is 24.3 Å². The highest BCUT2D eigenvalue weighted by Crippen LogP contribution is 2.26. The fraction of sp³-hybridized carbons (Fsp3) is 0.0769. The topological polar surface area (TPSA) is 89.6 Å². The van der Waals surface area contributed by atoms with E-state index in [1.165, 1.54) is 11.3 Å². The summed E-state index contributed by atoms with van der Waals surface area (Å²) in [6.07, 6.45) is 1.69. The molecule has 0 unspecified atom stereocenters. The quantitative estimate of drug-likeness (QED) is 0.622. The maximum absolute atomic E-state index is 11.2. The number of halogens is 1. The van der Waals surface area contributed by atoms with Gasteiger partial charge in [0, 0.05) is 11.1 Å². The van der Waals surface area contributed by atoms with Gasteiger partial charge in [0.05, 0.1) is 16.3 Å². The van der Waals surface area contributed by atoms with Crippen LogP contribution in [-0.2, 0) is 6.54 Å². The van der Waals surface area contributed by atoms with Crippen molar-refractivity contribution in [1.29, 1.82) is 0 Å². The predicted molar refractivity (Wildman–Crippen MR) is 82.1 cm³/mol. The largest absolute Gasteiger partial charge is 0.439 e. The molecular weight excluding hydrogens is 326 g/mol. The van der Waals surface area contributed by atoms with Gasteiger partial charge in [0.15, 0.2) is 5.65 Å². The Morgan fingerprint density at radius 2 is 2.27 bits per heavy atom. The minimum Gasteiger partial charge on any atom is -0.296 e. The Balaban J connectivity index is 1.87. The summed E-state index contributed by atoms with van der Waals surface area (Å²) in [5.74, 6) is -0.336. The zero-order valence-electron chi connectivity index (χ0n) is 11.0. The van der Waals surface area contributed by atoms with Gasteiger partial charge in [0.25, 0.3) is 0 Å². The molecule has 4 aromatic heterocycles. The summed E-state index contributed by atoms with van der Waals surface area (Å²) in [6.45, 7) is 0.535. The third-order valence-electron chi connectivity index (χ3n) is 3.11. The van der Waals surface area contributed by atoms with E-state index in [0.717, 1.165) is 14.6 Å². The van der Waals surface area contributed by atoms with E-state index in [9.17, 15) is 4.79 Å². The number of thiophene rings is 1. The summed E-state index contributed by atoms with van der Waals surface area (Å²) in [4.78, 5) is 19.1. The van der Waals surface area contributed by atoms with E-state index in [4.69, 9.17) is 11.6 Å². The first kappa shape index (κ1) is 13.2. The number of pyridine rings is 1. The minimum absolute atomic E-state index is 0.283. The number of aromatic nitrogens is 5. The molecule has 110 valence electrons. The number of hydrogen-bond acceptors (Lipinski definition) is 6. The molecule has 9 heteroatoms. The Morgan fingerprint density at radius 1 is 1.36 bits per heavy atom. The van der Waals surface area contributed by atoms with E-state index in [1.807, 2.05) is 18.2 Å². The summed E-state index contributed by atoms with van der Waals surface area (Å²) in [5, 5.41) is 8.98. The van der Waals surface area contributed by atoms with Crippen molar-refractivity contribution in [2.75, 3.05) is 0 Å². The van der Waals surface area contributed by atoms with Gasteiger partial charge in [-0.15, -0.1) is 11.3 Å². The lowest BCUT2D eigenvalue weighted by Crippen LogP contribution is -2.01. The van der Waals surface area contributed by atoms with Gasteiger partial charge in [-0.25, -0.2) is 14.5 Å². The SMILES string of the molecule is O=c1[nH]c(-c2nn(Cc3ccc(Cl)s3)c3ncccc23)no1. The molecule has 0 aromatic carbocycles. The highest BCUT2D eigenvalue weighted by atomic mass is 35.5. The van der Waals surface area contributed by atoms with Gasteiger partial charge in [-0.1, -0.05) is 16.8 Å². The number of aromatic amines is 1. The number of nitrogens with zero attached hydrogens (tertiary/aromatic N) is 4. The van der Waals surface area contributed by atoms with Crippen molar-refractivity contribution in [3.05, 3.63) is 50.2 Å². The molecule has 22 heavy (non-hydrogen) atoms. The lowest BCUT2D eigenvalue weighted by Gasteiger charge is -1.99. The number of H-pyrrole nitrogens is 1. The summed E-state index contributed by atoms with van der Waals surface area (Å²) in [5.41, 5.74) is 1.22. The van der Waals surface area contributed by atoms with E-state index in [0.29, 0.717) is 17.9 Å². The van der Waals surface area contributed by atoms with Crippen molar-refractivity contribution in [3.63, 3.8) is 0 Å². The molecule has 0 bridgehead atoms. The van der Waals surface area contributed by atoms with Crippen LogP contribution in [0.15, 0.2) is 39.8 Å². The molecule has 0 aliphatic rings. The maximum Gasteiger partial charge on any atom is 0.439 e. The summed E-state index contributed by atoms with van der Waals surface area (Å²) in [7, 11) is 0. The van der Waals surface area contributed by atoms with Crippen LogP contribution < -0.4 is 5.76 Å². The van der Waals surface area contributed by atoms with E-state index in [-0.39, 0.29) is 5.82 Å². The summed E-state index contributed by atoms with van der Waals surface area (Å²) in [6, 6.07) is 7.46. The summed E-state index contributed by atoms with van der Waals surface area (Å²) >= 11 is 7.45. The lowest BCUT2D eigenvalue weighted by atomic mass is 10.2. The molecule has 0 saturated heterocycles. The number of hydrogen-bond donors (Lipinski definition) is 1. The third kappa shape index (κ3) is 2.22. The van der Waals surface area contributed by atoms with Crippen LogP contribution in [0.2, 0.25) is 4.34 Å². The first-order valence-electron chi connectivity index (χ1n) is 6.33. The van der Waals surface area contributed by atoms with Gasteiger partial charge in [0.1, 0.15) is 5.69 Å². The highest BCUT2D eigenvalue weighted by molar-refractivity contribution is 7.16. The average molecular weight is 334 g/mol. The Labute approximate surface area is 132 Å². The van der Waals surface area contributed by atoms with Crippen molar-refractivity contribution in [1.82, 2.24) is 24.9 Å². The summed E-state index contributed by atoms with van der Waals surface area (Å²) < 4.78 is 7.03. The van der Waals surface area contributed by atoms with Crippen molar-refractivity contribution in [3.8, 4) is 11.5 Å². The molecule has 0 saturated carbocycles. The zero-order valence-corrected chi connectivity index (χ0v) is 12.6.